The number of hydrogen-bond donors (Lipinski definition) is 0. The standard InChI is InChI=1S/C19H38O3Si4/c1-11-18-13-12-14-19(17-18)15-16-26(20-23(2,3)4,21-24(5,6)7)22-25(8,9)10/h11-14,17H,1,15-16H2,2-10H3. The molecule has 0 N–H and O–H groups in total. The molecule has 7 heteroatoms. The molecule has 0 saturated carbocycles. The van der Waals surface area contributed by atoms with E-state index in [1.54, 1.807) is 0 Å². The fraction of sp³-hybridized carbons (Fsp3) is 0.579. The Morgan fingerprint density at radius 2 is 1.27 bits per heavy atom. The second-order valence-corrected chi connectivity index (χ2v) is 26.8. The lowest BCUT2D eigenvalue weighted by molar-refractivity contribution is 0.252. The summed E-state index contributed by atoms with van der Waals surface area (Å²) in [6, 6.07) is 9.38. The molecule has 0 aliphatic rings. The van der Waals surface area contributed by atoms with Crippen LogP contribution in [0.4, 0.5) is 0 Å². The highest BCUT2D eigenvalue weighted by molar-refractivity contribution is 6.90. The zero-order chi connectivity index (χ0) is 20.2. The average molecular weight is 427 g/mol. The summed E-state index contributed by atoms with van der Waals surface area (Å²) in [4.78, 5) is 0. The molecule has 0 atom stereocenters. The van der Waals surface area contributed by atoms with Gasteiger partial charge in [-0.25, -0.2) is 0 Å². The minimum absolute atomic E-state index is 0.840. The summed E-state index contributed by atoms with van der Waals surface area (Å²) < 4.78 is 20.2. The van der Waals surface area contributed by atoms with E-state index in [4.69, 9.17) is 12.3 Å². The summed E-state index contributed by atoms with van der Waals surface area (Å²) in [5.74, 6) is 0. The van der Waals surface area contributed by atoms with Crippen molar-refractivity contribution < 1.29 is 12.3 Å². The van der Waals surface area contributed by atoms with E-state index in [0.717, 1.165) is 18.0 Å². The molecule has 0 spiro atoms. The first-order valence-electron chi connectivity index (χ1n) is 9.45. The average Bonchev–Trinajstić information content (AvgIpc) is 2.39. The van der Waals surface area contributed by atoms with Crippen molar-refractivity contribution in [3.63, 3.8) is 0 Å². The SMILES string of the molecule is C=Cc1cccc(CC[Si](O[Si](C)(C)C)(O[Si](C)(C)C)O[Si](C)(C)C)c1. The Morgan fingerprint density at radius 3 is 1.65 bits per heavy atom. The number of benzene rings is 1. The van der Waals surface area contributed by atoms with Gasteiger partial charge in [0.05, 0.1) is 0 Å². The Labute approximate surface area is 165 Å². The summed E-state index contributed by atoms with van der Waals surface area (Å²) in [5.41, 5.74) is 2.44. The molecule has 0 aromatic heterocycles. The van der Waals surface area contributed by atoms with Crippen LogP contribution in [-0.4, -0.2) is 33.8 Å². The maximum atomic E-state index is 6.74. The highest BCUT2D eigenvalue weighted by Gasteiger charge is 2.49. The molecule has 0 aliphatic carbocycles. The molecule has 0 amide bonds. The van der Waals surface area contributed by atoms with Crippen LogP contribution in [0.3, 0.4) is 0 Å². The lowest BCUT2D eigenvalue weighted by Gasteiger charge is -2.43. The van der Waals surface area contributed by atoms with E-state index in [1.165, 1.54) is 5.56 Å². The minimum atomic E-state index is -2.75. The first kappa shape index (κ1) is 23.7. The summed E-state index contributed by atoms with van der Waals surface area (Å²) in [6.45, 7) is 24.0. The van der Waals surface area contributed by atoms with Gasteiger partial charge in [0, 0.05) is 6.04 Å². The summed E-state index contributed by atoms with van der Waals surface area (Å²) in [6.07, 6.45) is 2.80. The van der Waals surface area contributed by atoms with Crippen molar-refractivity contribution in [2.45, 2.75) is 71.4 Å². The summed E-state index contributed by atoms with van der Waals surface area (Å²) >= 11 is 0. The van der Waals surface area contributed by atoms with E-state index in [1.807, 2.05) is 6.08 Å². The second kappa shape index (κ2) is 8.81. The van der Waals surface area contributed by atoms with E-state index in [-0.39, 0.29) is 0 Å². The Morgan fingerprint density at radius 1 is 0.808 bits per heavy atom. The van der Waals surface area contributed by atoms with E-state index in [0.29, 0.717) is 0 Å². The van der Waals surface area contributed by atoms with E-state index < -0.39 is 33.8 Å². The van der Waals surface area contributed by atoms with Crippen LogP contribution in [0.15, 0.2) is 30.8 Å². The van der Waals surface area contributed by atoms with Gasteiger partial charge in [-0.2, -0.15) is 0 Å². The molecular formula is C19H38O3Si4. The second-order valence-electron chi connectivity index (χ2n) is 9.78. The molecule has 0 fully saturated rings. The Kier molecular flexibility index (Phi) is 8.04. The van der Waals surface area contributed by atoms with E-state index >= 15 is 0 Å². The van der Waals surface area contributed by atoms with Crippen molar-refractivity contribution in [3.8, 4) is 0 Å². The maximum absolute atomic E-state index is 6.74. The number of rotatable bonds is 10. The van der Waals surface area contributed by atoms with E-state index in [2.05, 4.69) is 89.8 Å². The van der Waals surface area contributed by atoms with Crippen LogP contribution >= 0.6 is 0 Å². The Hall–Kier alpha value is -0.292. The quantitative estimate of drug-likeness (QED) is 0.407. The fourth-order valence-electron chi connectivity index (χ4n) is 2.79. The minimum Gasteiger partial charge on any atom is -0.417 e. The normalized spacial score (nSPS) is 13.7. The van der Waals surface area contributed by atoms with Crippen LogP contribution in [-0.2, 0) is 18.8 Å². The largest absolute Gasteiger partial charge is 0.469 e. The van der Waals surface area contributed by atoms with Crippen LogP contribution in [0, 0.1) is 0 Å². The molecule has 0 saturated heterocycles. The molecule has 0 radical (unpaired) electrons. The highest BCUT2D eigenvalue weighted by Crippen LogP contribution is 2.30. The van der Waals surface area contributed by atoms with E-state index in [9.17, 15) is 0 Å². The predicted molar refractivity (Wildman–Crippen MR) is 124 cm³/mol. The first-order chi connectivity index (χ1) is 11.6. The van der Waals surface area contributed by atoms with Crippen molar-refractivity contribution in [1.82, 2.24) is 0 Å². The van der Waals surface area contributed by atoms with Gasteiger partial charge >= 0.3 is 8.80 Å². The van der Waals surface area contributed by atoms with Crippen LogP contribution in [0.2, 0.25) is 65.0 Å². The summed E-state index contributed by atoms with van der Waals surface area (Å²) in [7, 11) is -8.18. The lowest BCUT2D eigenvalue weighted by atomic mass is 10.1. The van der Waals surface area contributed by atoms with Gasteiger partial charge in [0.1, 0.15) is 0 Å². The Bertz CT molecular complexity index is 557. The van der Waals surface area contributed by atoms with Crippen molar-refractivity contribution >= 4 is 39.8 Å². The zero-order valence-corrected chi connectivity index (χ0v) is 22.2. The monoisotopic (exact) mass is 426 g/mol. The van der Waals surface area contributed by atoms with Crippen LogP contribution in [0.5, 0.6) is 0 Å². The third-order valence-corrected chi connectivity index (χ3v) is 15.2. The first-order valence-corrected chi connectivity index (χ1v) is 21.6. The molecule has 1 aromatic carbocycles. The molecule has 0 aliphatic heterocycles. The van der Waals surface area contributed by atoms with Crippen LogP contribution in [0.1, 0.15) is 11.1 Å². The molecular weight excluding hydrogens is 389 g/mol. The van der Waals surface area contributed by atoms with Crippen molar-refractivity contribution in [2.24, 2.45) is 0 Å². The number of aryl methyl sites for hydroxylation is 1. The molecule has 1 aromatic rings. The van der Waals surface area contributed by atoms with Gasteiger partial charge in [-0.15, -0.1) is 0 Å². The molecule has 3 nitrogen and oxygen atoms in total. The fourth-order valence-corrected chi connectivity index (χ4v) is 17.4. The molecule has 0 unspecified atom stereocenters. The predicted octanol–water partition coefficient (Wildman–Crippen LogP) is 6.37. The van der Waals surface area contributed by atoms with Crippen molar-refractivity contribution in [3.05, 3.63) is 42.0 Å². The third kappa shape index (κ3) is 9.59. The van der Waals surface area contributed by atoms with Gasteiger partial charge < -0.3 is 12.3 Å². The Balaban J connectivity index is 3.18. The summed E-state index contributed by atoms with van der Waals surface area (Å²) in [5, 5.41) is 0. The van der Waals surface area contributed by atoms with Gasteiger partial charge in [0.2, 0.25) is 0 Å². The molecule has 0 heterocycles. The van der Waals surface area contributed by atoms with Crippen LogP contribution in [0.25, 0.3) is 6.08 Å². The lowest BCUT2D eigenvalue weighted by Crippen LogP contribution is -2.60. The van der Waals surface area contributed by atoms with Gasteiger partial charge in [-0.05, 0) is 76.5 Å². The van der Waals surface area contributed by atoms with Crippen LogP contribution < -0.4 is 0 Å². The number of hydrogen-bond acceptors (Lipinski definition) is 3. The van der Waals surface area contributed by atoms with Crippen molar-refractivity contribution in [1.29, 1.82) is 0 Å². The third-order valence-electron chi connectivity index (χ3n) is 3.29. The molecule has 0 bridgehead atoms. The molecule has 148 valence electrons. The smallest absolute Gasteiger partial charge is 0.417 e. The van der Waals surface area contributed by atoms with Gasteiger partial charge in [-0.1, -0.05) is 36.9 Å². The molecule has 1 rings (SSSR count). The van der Waals surface area contributed by atoms with Gasteiger partial charge in [0.25, 0.3) is 0 Å². The maximum Gasteiger partial charge on any atom is 0.469 e. The highest BCUT2D eigenvalue weighted by atomic mass is 28.5. The van der Waals surface area contributed by atoms with Gasteiger partial charge in [0.15, 0.2) is 25.0 Å². The zero-order valence-electron chi connectivity index (χ0n) is 18.2. The van der Waals surface area contributed by atoms with Gasteiger partial charge in [-0.3, -0.25) is 0 Å². The topological polar surface area (TPSA) is 27.7 Å². The van der Waals surface area contributed by atoms with Crippen molar-refractivity contribution in [2.75, 3.05) is 0 Å². The molecule has 26 heavy (non-hydrogen) atoms.